The molecule has 0 radical (unpaired) electrons. The fourth-order valence-electron chi connectivity index (χ4n) is 3.30. The van der Waals surface area contributed by atoms with Crippen LogP contribution in [0, 0.1) is 13.8 Å². The molecule has 0 atom stereocenters. The molecule has 7 nitrogen and oxygen atoms in total. The van der Waals surface area contributed by atoms with Crippen LogP contribution in [0.3, 0.4) is 0 Å². The minimum Gasteiger partial charge on any atom is -0.332 e. The van der Waals surface area contributed by atoms with Crippen molar-refractivity contribution in [1.82, 2.24) is 24.9 Å². The first-order valence-corrected chi connectivity index (χ1v) is 9.47. The maximum Gasteiger partial charge on any atom is 0.279 e. The monoisotopic (exact) mass is 395 g/mol. The summed E-state index contributed by atoms with van der Waals surface area (Å²) in [5, 5.41) is 9.83. The molecule has 0 saturated carbocycles. The van der Waals surface area contributed by atoms with E-state index in [0.29, 0.717) is 33.7 Å². The van der Waals surface area contributed by atoms with Crippen LogP contribution in [0.1, 0.15) is 11.1 Å². The van der Waals surface area contributed by atoms with Gasteiger partial charge in [0.15, 0.2) is 5.69 Å². The molecule has 0 N–H and O–H groups in total. The Kier molecular flexibility index (Phi) is 4.21. The SMILES string of the molecule is Cc1ccc(-n2nc(-c3nc(-c4ccccn4)no3)c3ccccc3c2=O)cc1C. The van der Waals surface area contributed by atoms with E-state index in [9.17, 15) is 4.79 Å². The molecule has 146 valence electrons. The van der Waals surface area contributed by atoms with Gasteiger partial charge in [-0.2, -0.15) is 14.8 Å². The lowest BCUT2D eigenvalue weighted by Crippen LogP contribution is -2.22. The summed E-state index contributed by atoms with van der Waals surface area (Å²) in [6.45, 7) is 4.03. The van der Waals surface area contributed by atoms with Crippen LogP contribution in [-0.2, 0) is 0 Å². The van der Waals surface area contributed by atoms with Gasteiger partial charge in [0.25, 0.3) is 11.4 Å². The highest BCUT2D eigenvalue weighted by Gasteiger charge is 2.19. The molecule has 3 aromatic heterocycles. The number of nitrogens with zero attached hydrogens (tertiary/aromatic N) is 5. The number of hydrogen-bond donors (Lipinski definition) is 0. The number of pyridine rings is 1. The zero-order valence-electron chi connectivity index (χ0n) is 16.4. The highest BCUT2D eigenvalue weighted by atomic mass is 16.5. The first-order chi connectivity index (χ1) is 14.6. The van der Waals surface area contributed by atoms with Crippen molar-refractivity contribution in [2.45, 2.75) is 13.8 Å². The number of rotatable bonds is 3. The standard InChI is InChI=1S/C23H17N5O2/c1-14-10-11-16(13-15(14)2)28-23(29)18-8-4-3-7-17(18)20(26-28)22-25-21(27-30-22)19-9-5-6-12-24-19/h3-13H,1-2H3. The third-order valence-electron chi connectivity index (χ3n) is 5.06. The predicted octanol–water partition coefficient (Wildman–Crippen LogP) is 4.11. The van der Waals surface area contributed by atoms with E-state index in [1.54, 1.807) is 18.3 Å². The first-order valence-electron chi connectivity index (χ1n) is 9.47. The number of aryl methyl sites for hydroxylation is 2. The molecule has 2 aromatic carbocycles. The maximum atomic E-state index is 13.2. The van der Waals surface area contributed by atoms with Gasteiger partial charge in [-0.3, -0.25) is 9.78 Å². The highest BCUT2D eigenvalue weighted by molar-refractivity contribution is 5.92. The van der Waals surface area contributed by atoms with Crippen molar-refractivity contribution >= 4 is 10.8 Å². The fourth-order valence-corrected chi connectivity index (χ4v) is 3.30. The summed E-state index contributed by atoms with van der Waals surface area (Å²) < 4.78 is 6.89. The maximum absolute atomic E-state index is 13.2. The molecule has 5 aromatic rings. The second-order valence-corrected chi connectivity index (χ2v) is 7.02. The first kappa shape index (κ1) is 17.9. The van der Waals surface area contributed by atoms with Gasteiger partial charge in [0.2, 0.25) is 5.82 Å². The predicted molar refractivity (Wildman–Crippen MR) is 113 cm³/mol. The van der Waals surface area contributed by atoms with E-state index in [0.717, 1.165) is 11.1 Å². The van der Waals surface area contributed by atoms with E-state index >= 15 is 0 Å². The van der Waals surface area contributed by atoms with Crippen molar-refractivity contribution in [3.05, 3.63) is 88.3 Å². The fraction of sp³-hybridized carbons (Fsp3) is 0.0870. The molecule has 0 unspecified atom stereocenters. The molecule has 5 rings (SSSR count). The van der Waals surface area contributed by atoms with Gasteiger partial charge in [0.05, 0.1) is 11.1 Å². The third-order valence-corrected chi connectivity index (χ3v) is 5.06. The van der Waals surface area contributed by atoms with Gasteiger partial charge in [0, 0.05) is 11.6 Å². The van der Waals surface area contributed by atoms with E-state index in [4.69, 9.17) is 4.52 Å². The minimum atomic E-state index is -0.206. The van der Waals surface area contributed by atoms with Crippen molar-refractivity contribution in [2.24, 2.45) is 0 Å². The van der Waals surface area contributed by atoms with Crippen molar-refractivity contribution in [2.75, 3.05) is 0 Å². The average molecular weight is 395 g/mol. The quantitative estimate of drug-likeness (QED) is 0.457. The van der Waals surface area contributed by atoms with Crippen LogP contribution in [0.2, 0.25) is 0 Å². The molecule has 0 bridgehead atoms. The highest BCUT2D eigenvalue weighted by Crippen LogP contribution is 2.26. The zero-order valence-corrected chi connectivity index (χ0v) is 16.4. The van der Waals surface area contributed by atoms with Gasteiger partial charge in [-0.15, -0.1) is 0 Å². The molecule has 0 amide bonds. The van der Waals surface area contributed by atoms with Gasteiger partial charge in [-0.25, -0.2) is 0 Å². The molecular weight excluding hydrogens is 378 g/mol. The third kappa shape index (κ3) is 2.97. The Morgan fingerprint density at radius 2 is 1.70 bits per heavy atom. The lowest BCUT2D eigenvalue weighted by molar-refractivity contribution is 0.430. The van der Waals surface area contributed by atoms with Crippen LogP contribution in [-0.4, -0.2) is 24.9 Å². The topological polar surface area (TPSA) is 86.7 Å². The molecule has 0 fully saturated rings. The number of hydrogen-bond acceptors (Lipinski definition) is 6. The summed E-state index contributed by atoms with van der Waals surface area (Å²) in [5.41, 5.74) is 3.73. The lowest BCUT2D eigenvalue weighted by Gasteiger charge is -2.10. The Hall–Kier alpha value is -4.13. The van der Waals surface area contributed by atoms with Gasteiger partial charge in [-0.1, -0.05) is 35.5 Å². The van der Waals surface area contributed by atoms with Gasteiger partial charge in [0.1, 0.15) is 5.69 Å². The van der Waals surface area contributed by atoms with Crippen LogP contribution in [0.4, 0.5) is 0 Å². The van der Waals surface area contributed by atoms with Crippen LogP contribution >= 0.6 is 0 Å². The molecule has 0 aliphatic heterocycles. The molecular formula is C23H17N5O2. The van der Waals surface area contributed by atoms with Crippen LogP contribution < -0.4 is 5.56 Å². The normalized spacial score (nSPS) is 11.1. The molecule has 30 heavy (non-hydrogen) atoms. The summed E-state index contributed by atoms with van der Waals surface area (Å²) in [6, 6.07) is 18.5. The van der Waals surface area contributed by atoms with E-state index in [2.05, 4.69) is 20.2 Å². The average Bonchev–Trinajstić information content (AvgIpc) is 3.27. The van der Waals surface area contributed by atoms with Crippen molar-refractivity contribution in [3.63, 3.8) is 0 Å². The summed E-state index contributed by atoms with van der Waals surface area (Å²) >= 11 is 0. The Morgan fingerprint density at radius 3 is 2.47 bits per heavy atom. The van der Waals surface area contributed by atoms with E-state index in [-0.39, 0.29) is 11.4 Å². The van der Waals surface area contributed by atoms with E-state index in [1.165, 1.54) is 4.68 Å². The molecule has 3 heterocycles. The van der Waals surface area contributed by atoms with Crippen molar-refractivity contribution in [1.29, 1.82) is 0 Å². The van der Waals surface area contributed by atoms with Crippen LogP contribution in [0.5, 0.6) is 0 Å². The lowest BCUT2D eigenvalue weighted by atomic mass is 10.1. The largest absolute Gasteiger partial charge is 0.332 e. The van der Waals surface area contributed by atoms with Crippen LogP contribution in [0.15, 0.2) is 76.2 Å². The van der Waals surface area contributed by atoms with Gasteiger partial charge < -0.3 is 4.52 Å². The molecule has 0 saturated heterocycles. The summed E-state index contributed by atoms with van der Waals surface area (Å²) in [5.74, 6) is 0.588. The number of fused-ring (bicyclic) bond motifs is 1. The van der Waals surface area contributed by atoms with E-state index < -0.39 is 0 Å². The summed E-state index contributed by atoms with van der Waals surface area (Å²) in [4.78, 5) is 21.9. The van der Waals surface area contributed by atoms with E-state index in [1.807, 2.05) is 62.4 Å². The Morgan fingerprint density at radius 1 is 0.900 bits per heavy atom. The number of aromatic nitrogens is 5. The second-order valence-electron chi connectivity index (χ2n) is 7.02. The molecule has 0 aliphatic rings. The smallest absolute Gasteiger partial charge is 0.279 e. The molecule has 0 spiro atoms. The Labute approximate surface area is 171 Å². The van der Waals surface area contributed by atoms with Crippen molar-refractivity contribution in [3.8, 4) is 28.8 Å². The molecule has 7 heteroatoms. The molecule has 0 aliphatic carbocycles. The second kappa shape index (κ2) is 7.04. The van der Waals surface area contributed by atoms with Crippen molar-refractivity contribution < 1.29 is 4.52 Å². The Balaban J connectivity index is 1.74. The summed E-state index contributed by atoms with van der Waals surface area (Å²) in [7, 11) is 0. The van der Waals surface area contributed by atoms with Crippen LogP contribution in [0.25, 0.3) is 39.6 Å². The van der Waals surface area contributed by atoms with Gasteiger partial charge in [-0.05, 0) is 55.3 Å². The summed E-state index contributed by atoms with van der Waals surface area (Å²) in [6.07, 6.45) is 1.67. The zero-order chi connectivity index (χ0) is 20.7. The minimum absolute atomic E-state index is 0.206. The Bertz CT molecular complexity index is 1440. The van der Waals surface area contributed by atoms with Gasteiger partial charge >= 0.3 is 0 Å². The number of benzene rings is 2.